The standard InChI is InChI=1S/C4H5NO6/c1-3(11-9-2)4(6)10-5(7)8/h1H2,2H3. The number of hydrogen-bond donors (Lipinski definition) is 0. The van der Waals surface area contributed by atoms with Gasteiger partial charge < -0.3 is 4.89 Å². The highest BCUT2D eigenvalue weighted by Crippen LogP contribution is 1.96. The maximum atomic E-state index is 10.4. The summed E-state index contributed by atoms with van der Waals surface area (Å²) in [6.07, 6.45) is 0. The van der Waals surface area contributed by atoms with Gasteiger partial charge in [0.05, 0.1) is 7.11 Å². The molecule has 0 unspecified atom stereocenters. The molecule has 7 nitrogen and oxygen atoms in total. The van der Waals surface area contributed by atoms with Crippen molar-refractivity contribution in [2.75, 3.05) is 7.11 Å². The maximum absolute atomic E-state index is 10.4. The van der Waals surface area contributed by atoms with Crippen LogP contribution in [0.5, 0.6) is 0 Å². The third-order valence-electron chi connectivity index (χ3n) is 0.569. The van der Waals surface area contributed by atoms with Crippen molar-refractivity contribution in [1.29, 1.82) is 0 Å². The first-order valence-corrected chi connectivity index (χ1v) is 2.34. The summed E-state index contributed by atoms with van der Waals surface area (Å²) in [6.45, 7) is 2.97. The van der Waals surface area contributed by atoms with Gasteiger partial charge in [-0.3, -0.25) is 4.79 Å². The van der Waals surface area contributed by atoms with Gasteiger partial charge >= 0.3 is 11.1 Å². The van der Waals surface area contributed by atoms with Gasteiger partial charge in [-0.05, 0) is 6.58 Å². The first kappa shape index (κ1) is 9.37. The smallest absolute Gasteiger partial charge is 0.332 e. The Kier molecular flexibility index (Phi) is 3.60. The molecule has 0 aromatic carbocycles. The van der Waals surface area contributed by atoms with Gasteiger partial charge in [-0.1, -0.05) is 0 Å². The van der Waals surface area contributed by atoms with Crippen molar-refractivity contribution in [3.63, 3.8) is 0 Å². The van der Waals surface area contributed by atoms with Crippen LogP contribution in [0.25, 0.3) is 0 Å². The highest BCUT2D eigenvalue weighted by Gasteiger charge is 2.13. The van der Waals surface area contributed by atoms with E-state index >= 15 is 0 Å². The Hall–Kier alpha value is -1.63. The molecule has 0 N–H and O–H groups in total. The van der Waals surface area contributed by atoms with E-state index < -0.39 is 16.8 Å². The molecule has 0 atom stereocenters. The molecule has 0 rings (SSSR count). The predicted molar refractivity (Wildman–Crippen MR) is 30.3 cm³/mol. The summed E-state index contributed by atoms with van der Waals surface area (Å²) in [6, 6.07) is 0. The molecule has 11 heavy (non-hydrogen) atoms. The van der Waals surface area contributed by atoms with Gasteiger partial charge in [0.1, 0.15) is 0 Å². The van der Waals surface area contributed by atoms with Gasteiger partial charge in [0.15, 0.2) is 0 Å². The fourth-order valence-electron chi connectivity index (χ4n) is 0.253. The quantitative estimate of drug-likeness (QED) is 0.188. The molecule has 0 fully saturated rings. The van der Waals surface area contributed by atoms with Crippen LogP contribution in [0.3, 0.4) is 0 Å². The molecule has 0 bridgehead atoms. The Morgan fingerprint density at radius 3 is 2.55 bits per heavy atom. The summed E-state index contributed by atoms with van der Waals surface area (Å²) in [5.74, 6) is -1.90. The van der Waals surface area contributed by atoms with Crippen LogP contribution < -0.4 is 0 Å². The number of rotatable bonds is 4. The summed E-state index contributed by atoms with van der Waals surface area (Å²) in [5.41, 5.74) is 0. The van der Waals surface area contributed by atoms with E-state index in [1.807, 2.05) is 0 Å². The van der Waals surface area contributed by atoms with Gasteiger partial charge in [0, 0.05) is 0 Å². The molecule has 0 aromatic heterocycles. The van der Waals surface area contributed by atoms with Crippen LogP contribution in [-0.4, -0.2) is 18.2 Å². The average molecular weight is 163 g/mol. The van der Waals surface area contributed by atoms with Crippen molar-refractivity contribution in [2.24, 2.45) is 0 Å². The minimum Gasteiger partial charge on any atom is -0.332 e. The molecular formula is C4H5NO6. The molecular weight excluding hydrogens is 158 g/mol. The van der Waals surface area contributed by atoms with Gasteiger partial charge in [-0.15, -0.1) is 10.1 Å². The zero-order valence-corrected chi connectivity index (χ0v) is 5.60. The Morgan fingerprint density at radius 2 is 2.18 bits per heavy atom. The van der Waals surface area contributed by atoms with Crippen LogP contribution in [0.15, 0.2) is 12.3 Å². The van der Waals surface area contributed by atoms with E-state index in [9.17, 15) is 14.9 Å². The van der Waals surface area contributed by atoms with Crippen molar-refractivity contribution in [1.82, 2.24) is 0 Å². The second-order valence-corrected chi connectivity index (χ2v) is 1.28. The molecule has 0 heterocycles. The lowest BCUT2D eigenvalue weighted by Crippen LogP contribution is -2.13. The molecule has 0 aliphatic heterocycles. The van der Waals surface area contributed by atoms with E-state index in [1.54, 1.807) is 0 Å². The molecule has 7 heteroatoms. The molecule has 0 amide bonds. The largest absolute Gasteiger partial charge is 0.372 e. The average Bonchev–Trinajstić information content (AvgIpc) is 1.86. The normalized spacial score (nSPS) is 8.45. The highest BCUT2D eigenvalue weighted by molar-refractivity contribution is 5.84. The molecule has 0 aromatic rings. The lowest BCUT2D eigenvalue weighted by molar-refractivity contribution is -0.729. The number of nitrogens with zero attached hydrogens (tertiary/aromatic N) is 1. The van der Waals surface area contributed by atoms with Gasteiger partial charge in [-0.25, -0.2) is 4.84 Å². The molecule has 0 radical (unpaired) electrons. The van der Waals surface area contributed by atoms with E-state index in [1.165, 1.54) is 0 Å². The molecule has 0 saturated heterocycles. The van der Waals surface area contributed by atoms with Gasteiger partial charge in [0.25, 0.3) is 0 Å². The Balaban J connectivity index is 3.83. The van der Waals surface area contributed by atoms with Crippen LogP contribution in [-0.2, 0) is 19.4 Å². The molecule has 0 spiro atoms. The van der Waals surface area contributed by atoms with Crippen molar-refractivity contribution in [2.45, 2.75) is 0 Å². The summed E-state index contributed by atoms with van der Waals surface area (Å²) < 4.78 is 0. The van der Waals surface area contributed by atoms with E-state index in [0.717, 1.165) is 7.11 Å². The summed E-state index contributed by atoms with van der Waals surface area (Å²) >= 11 is 0. The van der Waals surface area contributed by atoms with Crippen molar-refractivity contribution < 1.29 is 24.5 Å². The van der Waals surface area contributed by atoms with Crippen molar-refractivity contribution in [3.05, 3.63) is 22.5 Å². The highest BCUT2D eigenvalue weighted by atomic mass is 17.2. The number of carbonyl (C=O) groups is 1. The predicted octanol–water partition coefficient (Wildman–Crippen LogP) is -0.187. The van der Waals surface area contributed by atoms with Crippen LogP contribution in [0.4, 0.5) is 0 Å². The lowest BCUT2D eigenvalue weighted by atomic mass is 10.6. The topological polar surface area (TPSA) is 87.9 Å². The Bertz CT molecular complexity index is 187. The van der Waals surface area contributed by atoms with Crippen LogP contribution in [0, 0.1) is 10.1 Å². The summed E-state index contributed by atoms with van der Waals surface area (Å²) in [5, 5.41) is 8.27. The molecule has 62 valence electrons. The van der Waals surface area contributed by atoms with Crippen molar-refractivity contribution >= 4 is 5.97 Å². The Morgan fingerprint density at radius 1 is 1.64 bits per heavy atom. The van der Waals surface area contributed by atoms with E-state index in [0.29, 0.717) is 0 Å². The lowest BCUT2D eigenvalue weighted by Gasteiger charge is -1.99. The third kappa shape index (κ3) is 3.87. The fraction of sp³-hybridized carbons (Fsp3) is 0.250. The molecule has 0 aliphatic carbocycles. The van der Waals surface area contributed by atoms with Crippen LogP contribution >= 0.6 is 0 Å². The zero-order valence-electron chi connectivity index (χ0n) is 5.60. The van der Waals surface area contributed by atoms with Crippen LogP contribution in [0.1, 0.15) is 0 Å². The SMILES string of the molecule is C=C(OOC)C(=O)O[N+](=O)[O-]. The van der Waals surface area contributed by atoms with Gasteiger partial charge in [-0.2, -0.15) is 4.89 Å². The molecule has 0 aliphatic rings. The fourth-order valence-corrected chi connectivity index (χ4v) is 0.253. The first-order valence-electron chi connectivity index (χ1n) is 2.34. The maximum Gasteiger partial charge on any atom is 0.372 e. The van der Waals surface area contributed by atoms with E-state index in [4.69, 9.17) is 0 Å². The molecule has 0 saturated carbocycles. The first-order chi connectivity index (χ1) is 5.07. The second kappa shape index (κ2) is 4.23. The summed E-state index contributed by atoms with van der Waals surface area (Å²) in [4.78, 5) is 31.4. The number of hydrogen-bond acceptors (Lipinski definition) is 6. The van der Waals surface area contributed by atoms with Crippen molar-refractivity contribution in [3.8, 4) is 0 Å². The zero-order chi connectivity index (χ0) is 8.85. The van der Waals surface area contributed by atoms with Gasteiger partial charge in [0.2, 0.25) is 5.76 Å². The Labute approximate surface area is 61.2 Å². The number of carbonyl (C=O) groups excluding carboxylic acids is 1. The minimum atomic E-state index is -1.31. The van der Waals surface area contributed by atoms with E-state index in [-0.39, 0.29) is 0 Å². The summed E-state index contributed by atoms with van der Waals surface area (Å²) in [7, 11) is 1.12. The third-order valence-corrected chi connectivity index (χ3v) is 0.569. The second-order valence-electron chi connectivity index (χ2n) is 1.28. The van der Waals surface area contributed by atoms with E-state index in [2.05, 4.69) is 21.2 Å². The van der Waals surface area contributed by atoms with Crippen LogP contribution in [0.2, 0.25) is 0 Å². The minimum absolute atomic E-state index is 0.593. The monoisotopic (exact) mass is 163 g/mol.